The van der Waals surface area contributed by atoms with E-state index in [-0.39, 0.29) is 11.9 Å². The smallest absolute Gasteiger partial charge is 0.251 e. The molecular formula is C23H26N6O2. The van der Waals surface area contributed by atoms with Crippen LogP contribution < -0.4 is 10.2 Å². The number of nitrogens with zero attached hydrogens (tertiary/aromatic N) is 5. The van der Waals surface area contributed by atoms with Gasteiger partial charge < -0.3 is 19.5 Å². The highest BCUT2D eigenvalue weighted by Crippen LogP contribution is 2.27. The molecule has 0 bridgehead atoms. The van der Waals surface area contributed by atoms with Crippen LogP contribution in [0.15, 0.2) is 55.2 Å². The maximum atomic E-state index is 12.7. The van der Waals surface area contributed by atoms with E-state index in [2.05, 4.69) is 20.2 Å². The Hall–Kier alpha value is -3.26. The lowest BCUT2D eigenvalue weighted by molar-refractivity contribution is 0.0845. The number of amides is 1. The minimum absolute atomic E-state index is 0.0547. The van der Waals surface area contributed by atoms with E-state index >= 15 is 0 Å². The topological polar surface area (TPSA) is 85.2 Å². The molecule has 2 aliphatic heterocycles. The summed E-state index contributed by atoms with van der Waals surface area (Å²) in [5, 5.41) is 3.16. The molecule has 2 fully saturated rings. The Morgan fingerprint density at radius 1 is 1.06 bits per heavy atom. The zero-order valence-electron chi connectivity index (χ0n) is 17.4. The van der Waals surface area contributed by atoms with Crippen LogP contribution in [0.5, 0.6) is 0 Å². The summed E-state index contributed by atoms with van der Waals surface area (Å²) in [6.07, 6.45) is 10.1. The summed E-state index contributed by atoms with van der Waals surface area (Å²) in [6.45, 7) is 3.15. The summed E-state index contributed by atoms with van der Waals surface area (Å²) in [7, 11) is 0. The van der Waals surface area contributed by atoms with E-state index in [1.54, 1.807) is 12.5 Å². The van der Waals surface area contributed by atoms with Crippen LogP contribution >= 0.6 is 0 Å². The van der Waals surface area contributed by atoms with E-state index in [0.717, 1.165) is 62.9 Å². The Morgan fingerprint density at radius 3 is 2.68 bits per heavy atom. The van der Waals surface area contributed by atoms with Gasteiger partial charge in [-0.3, -0.25) is 4.79 Å². The molecule has 8 heteroatoms. The Morgan fingerprint density at radius 2 is 1.90 bits per heavy atom. The highest BCUT2D eigenvalue weighted by atomic mass is 16.5. The van der Waals surface area contributed by atoms with E-state index < -0.39 is 0 Å². The molecule has 31 heavy (non-hydrogen) atoms. The van der Waals surface area contributed by atoms with Gasteiger partial charge in [-0.05, 0) is 49.6 Å². The quantitative estimate of drug-likeness (QED) is 0.686. The first kappa shape index (κ1) is 19.7. The lowest BCUT2D eigenvalue weighted by Crippen LogP contribution is -2.37. The highest BCUT2D eigenvalue weighted by molar-refractivity contribution is 5.94. The van der Waals surface area contributed by atoms with Crippen LogP contribution in [0.1, 0.15) is 41.2 Å². The second-order valence-corrected chi connectivity index (χ2v) is 8.09. The summed E-state index contributed by atoms with van der Waals surface area (Å²) >= 11 is 0. The van der Waals surface area contributed by atoms with Crippen molar-refractivity contribution < 1.29 is 9.53 Å². The number of hydrogen-bond donors (Lipinski definition) is 1. The molecule has 0 saturated carbocycles. The number of benzene rings is 1. The molecular weight excluding hydrogens is 392 g/mol. The molecule has 1 atom stereocenters. The summed E-state index contributed by atoms with van der Waals surface area (Å²) in [5.74, 6) is 1.14. The van der Waals surface area contributed by atoms with Gasteiger partial charge in [0.1, 0.15) is 0 Å². The number of ether oxygens (including phenoxy) is 1. The van der Waals surface area contributed by atoms with E-state index in [1.165, 1.54) is 0 Å². The van der Waals surface area contributed by atoms with Crippen molar-refractivity contribution in [1.29, 1.82) is 0 Å². The van der Waals surface area contributed by atoms with Crippen molar-refractivity contribution in [2.45, 2.75) is 31.2 Å². The maximum Gasteiger partial charge on any atom is 0.251 e. The first-order valence-electron chi connectivity index (χ1n) is 10.8. The van der Waals surface area contributed by atoms with E-state index in [9.17, 15) is 4.79 Å². The number of imidazole rings is 1. The molecule has 1 N–H and O–H groups in total. The molecule has 1 aromatic carbocycles. The molecule has 8 nitrogen and oxygen atoms in total. The molecule has 1 amide bonds. The van der Waals surface area contributed by atoms with Crippen LogP contribution in [-0.2, 0) is 4.74 Å². The lowest BCUT2D eigenvalue weighted by atomic mass is 9.96. The number of anilines is 1. The minimum atomic E-state index is -0.0547. The first-order chi connectivity index (χ1) is 15.3. The van der Waals surface area contributed by atoms with Gasteiger partial charge >= 0.3 is 0 Å². The van der Waals surface area contributed by atoms with Gasteiger partial charge in [0.25, 0.3) is 5.91 Å². The average molecular weight is 419 g/mol. The lowest BCUT2D eigenvalue weighted by Gasteiger charge is -2.23. The third-order valence-corrected chi connectivity index (χ3v) is 6.04. The van der Waals surface area contributed by atoms with Crippen molar-refractivity contribution in [3.63, 3.8) is 0 Å². The SMILES string of the molecule is O=C(NC1CCN(c2nccc(C3CCOCC3)n2)C1)c1ccc(-n2ccnc2)cc1. The molecule has 0 radical (unpaired) electrons. The number of carbonyl (C=O) groups excluding carboxylic acids is 1. The van der Waals surface area contributed by atoms with Gasteiger partial charge in [-0.15, -0.1) is 0 Å². The van der Waals surface area contributed by atoms with Crippen molar-refractivity contribution in [1.82, 2.24) is 24.8 Å². The van der Waals surface area contributed by atoms with Crippen LogP contribution in [-0.4, -0.2) is 57.8 Å². The molecule has 160 valence electrons. The average Bonchev–Trinajstić information content (AvgIpc) is 3.53. The standard InChI is InChI=1S/C23H26N6O2/c30-22(18-1-3-20(4-2-18)29-12-10-24-16-29)26-19-6-11-28(15-19)23-25-9-5-21(27-23)17-7-13-31-14-8-17/h1-5,9-10,12,16-17,19H,6-8,11,13-15H2,(H,26,30). The Kier molecular flexibility index (Phi) is 5.62. The summed E-state index contributed by atoms with van der Waals surface area (Å²) < 4.78 is 7.37. The maximum absolute atomic E-state index is 12.7. The van der Waals surface area contributed by atoms with Crippen LogP contribution in [0.4, 0.5) is 5.95 Å². The third-order valence-electron chi connectivity index (χ3n) is 6.04. The van der Waals surface area contributed by atoms with Gasteiger partial charge in [-0.25, -0.2) is 15.0 Å². The van der Waals surface area contributed by atoms with Gasteiger partial charge in [0.15, 0.2) is 0 Å². The molecule has 2 aliphatic rings. The molecule has 4 heterocycles. The zero-order valence-corrected chi connectivity index (χ0v) is 17.4. The number of nitrogens with one attached hydrogen (secondary N) is 1. The predicted molar refractivity (Wildman–Crippen MR) is 116 cm³/mol. The zero-order chi connectivity index (χ0) is 21.0. The summed E-state index contributed by atoms with van der Waals surface area (Å²) in [4.78, 5) is 28.2. The van der Waals surface area contributed by atoms with Crippen LogP contribution in [0.3, 0.4) is 0 Å². The normalized spacial score (nSPS) is 19.5. The molecule has 1 unspecified atom stereocenters. The fourth-order valence-corrected chi connectivity index (χ4v) is 4.26. The van der Waals surface area contributed by atoms with E-state index in [4.69, 9.17) is 9.72 Å². The van der Waals surface area contributed by atoms with Gasteiger partial charge in [0.2, 0.25) is 5.95 Å². The second-order valence-electron chi connectivity index (χ2n) is 8.09. The number of rotatable bonds is 5. The highest BCUT2D eigenvalue weighted by Gasteiger charge is 2.27. The number of hydrogen-bond acceptors (Lipinski definition) is 6. The molecule has 0 aliphatic carbocycles. The van der Waals surface area contributed by atoms with Crippen molar-refractivity contribution in [2.24, 2.45) is 0 Å². The largest absolute Gasteiger partial charge is 0.381 e. The Balaban J connectivity index is 1.19. The molecule has 0 spiro atoms. The molecule has 2 saturated heterocycles. The van der Waals surface area contributed by atoms with Crippen LogP contribution in [0, 0.1) is 0 Å². The summed E-state index contributed by atoms with van der Waals surface area (Å²) in [5.41, 5.74) is 2.72. The molecule has 2 aromatic heterocycles. The third kappa shape index (κ3) is 4.44. The van der Waals surface area contributed by atoms with Gasteiger partial charge in [0.05, 0.1) is 6.33 Å². The van der Waals surface area contributed by atoms with E-state index in [1.807, 2.05) is 47.3 Å². The minimum Gasteiger partial charge on any atom is -0.381 e. The van der Waals surface area contributed by atoms with Gasteiger partial charge in [-0.1, -0.05) is 0 Å². The molecule has 3 aromatic rings. The predicted octanol–water partition coefficient (Wildman–Crippen LogP) is 2.57. The van der Waals surface area contributed by atoms with Gasteiger partial charge in [-0.2, -0.15) is 0 Å². The Bertz CT molecular complexity index is 1010. The first-order valence-corrected chi connectivity index (χ1v) is 10.8. The number of carbonyl (C=O) groups is 1. The summed E-state index contributed by atoms with van der Waals surface area (Å²) in [6, 6.07) is 9.63. The molecule has 5 rings (SSSR count). The van der Waals surface area contributed by atoms with Crippen molar-refractivity contribution in [3.8, 4) is 5.69 Å². The van der Waals surface area contributed by atoms with Crippen molar-refractivity contribution in [3.05, 3.63) is 66.5 Å². The van der Waals surface area contributed by atoms with Crippen LogP contribution in [0.25, 0.3) is 5.69 Å². The van der Waals surface area contributed by atoms with Crippen LogP contribution in [0.2, 0.25) is 0 Å². The van der Waals surface area contributed by atoms with Crippen molar-refractivity contribution in [2.75, 3.05) is 31.2 Å². The monoisotopic (exact) mass is 418 g/mol. The Labute approximate surface area is 181 Å². The van der Waals surface area contributed by atoms with Crippen molar-refractivity contribution >= 4 is 11.9 Å². The van der Waals surface area contributed by atoms with E-state index in [0.29, 0.717) is 11.5 Å². The second kappa shape index (κ2) is 8.85. The fraction of sp³-hybridized carbons (Fsp3) is 0.391. The fourth-order valence-electron chi connectivity index (χ4n) is 4.26. The number of aromatic nitrogens is 4. The van der Waals surface area contributed by atoms with Gasteiger partial charge in [0, 0.05) is 73.8 Å².